The average Bonchev–Trinajstić information content (AvgIpc) is 3.23. The van der Waals surface area contributed by atoms with E-state index in [2.05, 4.69) is 20.5 Å². The average molecular weight is 346 g/mol. The summed E-state index contributed by atoms with van der Waals surface area (Å²) in [6.07, 6.45) is 2.63. The number of fused-ring (bicyclic) bond motifs is 1. The van der Waals surface area contributed by atoms with Crippen molar-refractivity contribution >= 4 is 28.6 Å². The molecule has 0 spiro atoms. The summed E-state index contributed by atoms with van der Waals surface area (Å²) in [5.74, 6) is 0.612. The molecule has 2 N–H and O–H groups in total. The normalized spacial score (nSPS) is 11.0. The summed E-state index contributed by atoms with van der Waals surface area (Å²) in [7, 11) is 1.64. The lowest BCUT2D eigenvalue weighted by Crippen LogP contribution is -2.26. The molecular formula is C16H18N4O3S. The van der Waals surface area contributed by atoms with Crippen LogP contribution in [0.15, 0.2) is 40.1 Å². The van der Waals surface area contributed by atoms with Crippen molar-refractivity contribution < 1.29 is 13.9 Å². The highest BCUT2D eigenvalue weighted by atomic mass is 32.2. The zero-order valence-electron chi connectivity index (χ0n) is 13.2. The van der Waals surface area contributed by atoms with Crippen molar-refractivity contribution in [3.05, 3.63) is 30.5 Å². The minimum absolute atomic E-state index is 0.0667. The van der Waals surface area contributed by atoms with E-state index in [9.17, 15) is 4.79 Å². The number of thioether (sulfide) groups is 1. The fourth-order valence-corrected chi connectivity index (χ4v) is 2.84. The Morgan fingerprint density at radius 1 is 1.38 bits per heavy atom. The number of benzene rings is 1. The van der Waals surface area contributed by atoms with Crippen LogP contribution >= 0.6 is 11.8 Å². The second-order valence-corrected chi connectivity index (χ2v) is 6.03. The molecule has 126 valence electrons. The van der Waals surface area contributed by atoms with Gasteiger partial charge in [-0.2, -0.15) is 0 Å². The zero-order valence-corrected chi connectivity index (χ0v) is 14.1. The summed E-state index contributed by atoms with van der Waals surface area (Å²) in [5.41, 5.74) is 1.87. The highest BCUT2D eigenvalue weighted by molar-refractivity contribution is 7.99. The Morgan fingerprint density at radius 2 is 2.25 bits per heavy atom. The van der Waals surface area contributed by atoms with Crippen LogP contribution in [0.3, 0.4) is 0 Å². The number of H-pyrrole nitrogens is 1. The number of methoxy groups -OCH3 is 1. The summed E-state index contributed by atoms with van der Waals surface area (Å²) < 4.78 is 10.6. The fourth-order valence-electron chi connectivity index (χ4n) is 2.25. The van der Waals surface area contributed by atoms with Crippen LogP contribution in [-0.4, -0.2) is 47.1 Å². The van der Waals surface area contributed by atoms with Gasteiger partial charge in [-0.1, -0.05) is 30.0 Å². The molecule has 0 fully saturated rings. The fraction of sp³-hybridized carbons (Fsp3) is 0.312. The van der Waals surface area contributed by atoms with Crippen molar-refractivity contribution in [3.8, 4) is 11.5 Å². The molecule has 1 aromatic carbocycles. The third kappa shape index (κ3) is 3.95. The first-order chi connectivity index (χ1) is 11.8. The van der Waals surface area contributed by atoms with E-state index in [1.54, 1.807) is 7.11 Å². The third-order valence-corrected chi connectivity index (χ3v) is 4.22. The summed E-state index contributed by atoms with van der Waals surface area (Å²) in [6.45, 7) is 1.22. The van der Waals surface area contributed by atoms with Crippen molar-refractivity contribution in [1.82, 2.24) is 20.5 Å². The highest BCUT2D eigenvalue weighted by Gasteiger charge is 2.14. The number of rotatable bonds is 8. The number of hydrogen-bond acceptors (Lipinski definition) is 6. The van der Waals surface area contributed by atoms with Gasteiger partial charge >= 0.3 is 0 Å². The maximum atomic E-state index is 11.7. The van der Waals surface area contributed by atoms with Gasteiger partial charge in [-0.3, -0.25) is 4.79 Å². The van der Waals surface area contributed by atoms with Gasteiger partial charge in [0.05, 0.1) is 11.3 Å². The molecule has 0 atom stereocenters. The molecule has 8 heteroatoms. The summed E-state index contributed by atoms with van der Waals surface area (Å²) in [5, 5.41) is 12.3. The Morgan fingerprint density at radius 3 is 3.12 bits per heavy atom. The van der Waals surface area contributed by atoms with Crippen molar-refractivity contribution in [2.45, 2.75) is 11.6 Å². The SMILES string of the molecule is COCCCNC(=O)CSc1nnc(-c2c[nH]c3ccccc23)o1. The van der Waals surface area contributed by atoms with Crippen LogP contribution in [0.5, 0.6) is 0 Å². The van der Waals surface area contributed by atoms with Gasteiger partial charge in [-0.15, -0.1) is 10.2 Å². The van der Waals surface area contributed by atoms with Gasteiger partial charge in [-0.05, 0) is 12.5 Å². The number of carbonyl (C=O) groups is 1. The van der Waals surface area contributed by atoms with Gasteiger partial charge < -0.3 is 19.5 Å². The van der Waals surface area contributed by atoms with Crippen LogP contribution in [-0.2, 0) is 9.53 Å². The largest absolute Gasteiger partial charge is 0.411 e. The van der Waals surface area contributed by atoms with E-state index in [1.807, 2.05) is 30.5 Å². The molecule has 24 heavy (non-hydrogen) atoms. The monoisotopic (exact) mass is 346 g/mol. The first-order valence-corrected chi connectivity index (χ1v) is 8.55. The number of amides is 1. The van der Waals surface area contributed by atoms with Crippen LogP contribution in [0.1, 0.15) is 6.42 Å². The van der Waals surface area contributed by atoms with Gasteiger partial charge in [0.1, 0.15) is 0 Å². The number of ether oxygens (including phenoxy) is 1. The van der Waals surface area contributed by atoms with E-state index in [4.69, 9.17) is 9.15 Å². The molecule has 0 unspecified atom stereocenters. The van der Waals surface area contributed by atoms with Gasteiger partial charge in [0.2, 0.25) is 5.91 Å². The number of para-hydroxylation sites is 1. The second-order valence-electron chi connectivity index (χ2n) is 5.11. The van der Waals surface area contributed by atoms with Crippen LogP contribution in [0.4, 0.5) is 0 Å². The molecule has 0 radical (unpaired) electrons. The first-order valence-electron chi connectivity index (χ1n) is 7.56. The third-order valence-electron chi connectivity index (χ3n) is 3.40. The first kappa shape index (κ1) is 16.5. The quantitative estimate of drug-likeness (QED) is 0.481. The molecule has 1 amide bonds. The minimum Gasteiger partial charge on any atom is -0.411 e. The standard InChI is InChI=1S/C16H18N4O3S/c1-22-8-4-7-17-14(21)10-24-16-20-19-15(23-16)12-9-18-13-6-3-2-5-11(12)13/h2-3,5-6,9,18H,4,7-8,10H2,1H3,(H,17,21). The Bertz CT molecular complexity index is 814. The smallest absolute Gasteiger partial charge is 0.277 e. The molecule has 0 aliphatic carbocycles. The molecule has 0 aliphatic heterocycles. The second kappa shape index (κ2) is 7.98. The summed E-state index contributed by atoms with van der Waals surface area (Å²) in [4.78, 5) is 14.9. The molecule has 7 nitrogen and oxygen atoms in total. The minimum atomic E-state index is -0.0667. The number of hydrogen-bond donors (Lipinski definition) is 2. The van der Waals surface area contributed by atoms with Gasteiger partial charge in [0.25, 0.3) is 11.1 Å². The van der Waals surface area contributed by atoms with Crippen LogP contribution in [0.2, 0.25) is 0 Å². The predicted octanol–water partition coefficient (Wildman–Crippen LogP) is 2.46. The maximum Gasteiger partial charge on any atom is 0.277 e. The lowest BCUT2D eigenvalue weighted by molar-refractivity contribution is -0.118. The predicted molar refractivity (Wildman–Crippen MR) is 91.8 cm³/mol. The van der Waals surface area contributed by atoms with Gasteiger partial charge in [0, 0.05) is 37.4 Å². The van der Waals surface area contributed by atoms with E-state index in [-0.39, 0.29) is 11.7 Å². The number of aromatic nitrogens is 3. The van der Waals surface area contributed by atoms with E-state index in [0.29, 0.717) is 24.3 Å². The van der Waals surface area contributed by atoms with Crippen molar-refractivity contribution in [2.24, 2.45) is 0 Å². The van der Waals surface area contributed by atoms with E-state index in [0.717, 1.165) is 22.9 Å². The molecule has 0 saturated heterocycles. The lowest BCUT2D eigenvalue weighted by atomic mass is 10.2. The van der Waals surface area contributed by atoms with Crippen molar-refractivity contribution in [3.63, 3.8) is 0 Å². The Balaban J connectivity index is 1.57. The van der Waals surface area contributed by atoms with Crippen LogP contribution < -0.4 is 5.32 Å². The molecular weight excluding hydrogens is 328 g/mol. The topological polar surface area (TPSA) is 93.0 Å². The van der Waals surface area contributed by atoms with E-state index >= 15 is 0 Å². The summed E-state index contributed by atoms with van der Waals surface area (Å²) in [6, 6.07) is 7.90. The zero-order chi connectivity index (χ0) is 16.8. The Labute approximate surface area is 143 Å². The molecule has 3 rings (SSSR count). The van der Waals surface area contributed by atoms with Crippen molar-refractivity contribution in [1.29, 1.82) is 0 Å². The maximum absolute atomic E-state index is 11.7. The van der Waals surface area contributed by atoms with Crippen LogP contribution in [0.25, 0.3) is 22.4 Å². The number of aromatic amines is 1. The number of nitrogens with zero attached hydrogens (tertiary/aromatic N) is 2. The highest BCUT2D eigenvalue weighted by Crippen LogP contribution is 2.29. The van der Waals surface area contributed by atoms with E-state index in [1.165, 1.54) is 11.8 Å². The van der Waals surface area contributed by atoms with E-state index < -0.39 is 0 Å². The number of nitrogens with one attached hydrogen (secondary N) is 2. The molecule has 2 heterocycles. The Hall–Kier alpha value is -2.32. The van der Waals surface area contributed by atoms with Gasteiger partial charge in [-0.25, -0.2) is 0 Å². The molecule has 2 aromatic heterocycles. The van der Waals surface area contributed by atoms with Crippen molar-refractivity contribution in [2.75, 3.05) is 26.0 Å². The molecule has 0 bridgehead atoms. The molecule has 3 aromatic rings. The number of carbonyl (C=O) groups excluding carboxylic acids is 1. The molecule has 0 aliphatic rings. The molecule has 0 saturated carbocycles. The summed E-state index contributed by atoms with van der Waals surface area (Å²) >= 11 is 1.22. The van der Waals surface area contributed by atoms with Crippen LogP contribution in [0, 0.1) is 0 Å². The van der Waals surface area contributed by atoms with Gasteiger partial charge in [0.15, 0.2) is 0 Å². The Kier molecular flexibility index (Phi) is 5.50. The lowest BCUT2D eigenvalue weighted by Gasteiger charge is -2.02.